The molecular weight excluding hydrogens is 790 g/mol. The number of aliphatic carboxylic acids is 1. The van der Waals surface area contributed by atoms with Crippen LogP contribution in [0.1, 0.15) is 95.4 Å². The van der Waals surface area contributed by atoms with Crippen LogP contribution in [0.3, 0.4) is 0 Å². The Labute approximate surface area is 360 Å². The van der Waals surface area contributed by atoms with Gasteiger partial charge in [0.25, 0.3) is 0 Å². The molecule has 0 saturated carbocycles. The minimum Gasteiger partial charge on any atom is -0.481 e. The van der Waals surface area contributed by atoms with Crippen LogP contribution in [0, 0.1) is 17.8 Å². The minimum atomic E-state index is -1.29. The van der Waals surface area contributed by atoms with E-state index in [-0.39, 0.29) is 25.0 Å². The first-order valence-corrected chi connectivity index (χ1v) is 21.2. The standard InChI is InChI=1S/C46H69NO14/c1-26(36(49)30(5)48)24-45(7,54-11)39(61-44-38(34(47(9)10)23-27(2)56-44)59-42(52)32-19-15-13-16-20-32)28(3)37(29(4)41(50)51)58-35-25-46(8,55-12)40(31(6)57-35)60-43(53)33-21-17-14-18-22-33/h13-22,26-31,34-40,44,48-49H,23-25H2,1-12H3,(H,50,51)/t26-,27-,28+,29-,30?,31+,34+,35+,36?,37+,38-,39-,40+,44+,45-,46-/m1/s1. The Balaban J connectivity index is 1.75. The van der Waals surface area contributed by atoms with Crippen LogP contribution in [0.25, 0.3) is 0 Å². The van der Waals surface area contributed by atoms with E-state index in [2.05, 4.69) is 0 Å². The molecule has 2 saturated heterocycles. The van der Waals surface area contributed by atoms with Gasteiger partial charge in [-0.2, -0.15) is 0 Å². The lowest BCUT2D eigenvalue weighted by Crippen LogP contribution is -2.61. The van der Waals surface area contributed by atoms with E-state index in [0.717, 1.165) is 0 Å². The van der Waals surface area contributed by atoms with Gasteiger partial charge in [0.15, 0.2) is 24.8 Å². The quantitative estimate of drug-likeness (QED) is 0.145. The molecule has 2 heterocycles. The number of carboxylic acids is 1. The third kappa shape index (κ3) is 12.4. The normalized spacial score (nSPS) is 30.2. The smallest absolute Gasteiger partial charge is 0.338 e. The summed E-state index contributed by atoms with van der Waals surface area (Å²) in [4.78, 5) is 41.8. The Morgan fingerprint density at radius 3 is 1.93 bits per heavy atom. The summed E-state index contributed by atoms with van der Waals surface area (Å²) in [5, 5.41) is 32.0. The molecule has 2 aromatic rings. The van der Waals surface area contributed by atoms with Crippen molar-refractivity contribution in [2.45, 2.75) is 153 Å². The number of aliphatic hydroxyl groups excluding tert-OH is 2. The molecule has 2 aliphatic rings. The second kappa shape index (κ2) is 21.7. The van der Waals surface area contributed by atoms with Gasteiger partial charge in [0.05, 0.1) is 65.3 Å². The van der Waals surface area contributed by atoms with Crippen LogP contribution in [0.2, 0.25) is 0 Å². The van der Waals surface area contributed by atoms with E-state index in [1.165, 1.54) is 28.1 Å². The summed E-state index contributed by atoms with van der Waals surface area (Å²) in [7, 11) is 6.76. The third-order valence-corrected chi connectivity index (χ3v) is 12.5. The van der Waals surface area contributed by atoms with Crippen LogP contribution in [0.5, 0.6) is 0 Å². The number of ether oxygens (including phenoxy) is 8. The highest BCUT2D eigenvalue weighted by molar-refractivity contribution is 5.90. The summed E-state index contributed by atoms with van der Waals surface area (Å²) in [6.07, 6.45) is -8.75. The molecule has 2 aromatic carbocycles. The number of carbonyl (C=O) groups excluding carboxylic acids is 2. The van der Waals surface area contributed by atoms with E-state index in [0.29, 0.717) is 17.5 Å². The minimum absolute atomic E-state index is 0.0616. The van der Waals surface area contributed by atoms with Crippen molar-refractivity contribution >= 4 is 17.9 Å². The third-order valence-electron chi connectivity index (χ3n) is 12.5. The van der Waals surface area contributed by atoms with E-state index < -0.39 is 102 Å². The number of carboxylic acid groups (broad SMARTS) is 1. The second-order valence-electron chi connectivity index (χ2n) is 17.6. The highest BCUT2D eigenvalue weighted by Crippen LogP contribution is 2.41. The molecule has 0 radical (unpaired) electrons. The van der Waals surface area contributed by atoms with E-state index in [9.17, 15) is 29.7 Å². The number of aliphatic hydroxyl groups is 2. The van der Waals surface area contributed by atoms with Gasteiger partial charge in [-0.1, -0.05) is 50.2 Å². The number of hydrogen-bond donors (Lipinski definition) is 3. The molecule has 2 unspecified atom stereocenters. The molecule has 61 heavy (non-hydrogen) atoms. The monoisotopic (exact) mass is 859 g/mol. The number of likely N-dealkylation sites (N-methyl/N-ethyl adjacent to an activating group) is 1. The van der Waals surface area contributed by atoms with Crippen molar-refractivity contribution in [3.63, 3.8) is 0 Å². The fourth-order valence-corrected chi connectivity index (χ4v) is 8.80. The molecule has 2 aliphatic heterocycles. The van der Waals surface area contributed by atoms with Gasteiger partial charge in [-0.15, -0.1) is 0 Å². The molecule has 0 bridgehead atoms. The van der Waals surface area contributed by atoms with Crippen LogP contribution in [-0.4, -0.2) is 145 Å². The molecule has 0 spiro atoms. The van der Waals surface area contributed by atoms with Crippen molar-refractivity contribution in [1.82, 2.24) is 4.90 Å². The predicted octanol–water partition coefficient (Wildman–Crippen LogP) is 5.34. The van der Waals surface area contributed by atoms with Gasteiger partial charge in [-0.25, -0.2) is 9.59 Å². The summed E-state index contributed by atoms with van der Waals surface area (Å²) in [6, 6.07) is 16.8. The fourth-order valence-electron chi connectivity index (χ4n) is 8.80. The predicted molar refractivity (Wildman–Crippen MR) is 225 cm³/mol. The number of esters is 2. The second-order valence-corrected chi connectivity index (χ2v) is 17.6. The van der Waals surface area contributed by atoms with Crippen molar-refractivity contribution in [3.8, 4) is 0 Å². The van der Waals surface area contributed by atoms with Crippen molar-refractivity contribution in [3.05, 3.63) is 71.8 Å². The Morgan fingerprint density at radius 1 is 0.885 bits per heavy atom. The molecule has 15 heteroatoms. The molecule has 3 N–H and O–H groups in total. The van der Waals surface area contributed by atoms with Gasteiger partial charge in [0.2, 0.25) is 0 Å². The number of methoxy groups -OCH3 is 2. The summed E-state index contributed by atoms with van der Waals surface area (Å²) >= 11 is 0. The van der Waals surface area contributed by atoms with Gasteiger partial charge in [0.1, 0.15) is 5.60 Å². The Hall–Kier alpha value is -3.51. The van der Waals surface area contributed by atoms with E-state index in [1.807, 2.05) is 25.9 Å². The molecule has 2 fully saturated rings. The van der Waals surface area contributed by atoms with Gasteiger partial charge >= 0.3 is 17.9 Å². The van der Waals surface area contributed by atoms with Crippen LogP contribution < -0.4 is 0 Å². The van der Waals surface area contributed by atoms with E-state index in [4.69, 9.17) is 37.9 Å². The first-order valence-electron chi connectivity index (χ1n) is 21.2. The van der Waals surface area contributed by atoms with Crippen molar-refractivity contribution in [2.75, 3.05) is 28.3 Å². The summed E-state index contributed by atoms with van der Waals surface area (Å²) in [5.41, 5.74) is -1.70. The zero-order chi connectivity index (χ0) is 45.4. The van der Waals surface area contributed by atoms with E-state index in [1.54, 1.807) is 95.3 Å². The average molecular weight is 860 g/mol. The zero-order valence-corrected chi connectivity index (χ0v) is 37.8. The van der Waals surface area contributed by atoms with Crippen LogP contribution >= 0.6 is 0 Å². The Morgan fingerprint density at radius 2 is 1.44 bits per heavy atom. The maximum atomic E-state index is 13.7. The first kappa shape index (κ1) is 50.1. The highest BCUT2D eigenvalue weighted by Gasteiger charge is 2.53. The average Bonchev–Trinajstić information content (AvgIpc) is 3.23. The summed E-state index contributed by atoms with van der Waals surface area (Å²) < 4.78 is 51.1. The molecule has 342 valence electrons. The lowest BCUT2D eigenvalue weighted by molar-refractivity contribution is -0.318. The number of benzene rings is 2. The largest absolute Gasteiger partial charge is 0.481 e. The zero-order valence-electron chi connectivity index (χ0n) is 37.8. The van der Waals surface area contributed by atoms with Gasteiger partial charge in [-0.05, 0) is 98.7 Å². The number of hydrogen-bond acceptors (Lipinski definition) is 14. The molecule has 4 rings (SSSR count). The maximum Gasteiger partial charge on any atom is 0.338 e. The van der Waals surface area contributed by atoms with Crippen molar-refractivity contribution in [2.24, 2.45) is 17.8 Å². The molecule has 15 nitrogen and oxygen atoms in total. The lowest BCUT2D eigenvalue weighted by Gasteiger charge is -2.50. The fraction of sp³-hybridized carbons (Fsp3) is 0.674. The topological polar surface area (TPSA) is 189 Å². The Kier molecular flexibility index (Phi) is 17.9. The number of carbonyl (C=O) groups is 3. The molecular formula is C46H69NO14. The van der Waals surface area contributed by atoms with Crippen molar-refractivity contribution < 1.29 is 67.6 Å². The molecule has 0 amide bonds. The maximum absolute atomic E-state index is 13.7. The molecule has 16 atom stereocenters. The van der Waals surface area contributed by atoms with Crippen LogP contribution in [0.4, 0.5) is 0 Å². The lowest BCUT2D eigenvalue weighted by atomic mass is 9.76. The van der Waals surface area contributed by atoms with Crippen LogP contribution in [0.15, 0.2) is 60.7 Å². The van der Waals surface area contributed by atoms with Gasteiger partial charge < -0.3 is 58.1 Å². The first-order chi connectivity index (χ1) is 28.7. The van der Waals surface area contributed by atoms with Gasteiger partial charge in [0, 0.05) is 26.6 Å². The van der Waals surface area contributed by atoms with Gasteiger partial charge in [-0.3, -0.25) is 4.79 Å². The Bertz CT molecular complexity index is 1700. The van der Waals surface area contributed by atoms with E-state index >= 15 is 0 Å². The summed E-state index contributed by atoms with van der Waals surface area (Å²) in [5.74, 6) is -4.77. The van der Waals surface area contributed by atoms with Crippen LogP contribution in [-0.2, 0) is 42.7 Å². The number of nitrogens with zero attached hydrogens (tertiary/aromatic N) is 1. The SMILES string of the molecule is CO[C@](C)(C[C@@H](C)C(O)C(C)O)[C@H](O[C@@H]1O[C@H](C)C[C@H](N(C)C)[C@H]1OC(=O)c1ccccc1)[C@@H](C)[C@H](O[C@H]1C[C@@](C)(OC)[C@@H](OC(=O)c2ccccc2)[C@H](C)O1)[C@@H](C)C(=O)O. The highest BCUT2D eigenvalue weighted by atomic mass is 16.7. The number of rotatable bonds is 20. The van der Waals surface area contributed by atoms with Crippen molar-refractivity contribution in [1.29, 1.82) is 0 Å². The molecule has 0 aromatic heterocycles. The summed E-state index contributed by atoms with van der Waals surface area (Å²) in [6.45, 7) is 13.8. The molecule has 0 aliphatic carbocycles.